The summed E-state index contributed by atoms with van der Waals surface area (Å²) < 4.78 is 0. The third-order valence-corrected chi connectivity index (χ3v) is 5.53. The maximum absolute atomic E-state index is 12.7. The van der Waals surface area contributed by atoms with E-state index in [0.717, 1.165) is 30.0 Å². The summed E-state index contributed by atoms with van der Waals surface area (Å²) in [5.74, 6) is -0.518. The maximum atomic E-state index is 12.7. The molecule has 0 saturated carbocycles. The molecule has 0 bridgehead atoms. The van der Waals surface area contributed by atoms with Gasteiger partial charge in [0.05, 0.1) is 5.25 Å². The van der Waals surface area contributed by atoms with Gasteiger partial charge in [-0.2, -0.15) is 0 Å². The molecule has 2 rings (SSSR count). The van der Waals surface area contributed by atoms with Crippen molar-refractivity contribution in [3.8, 4) is 0 Å². The number of carboxylic acid groups (broad SMARTS) is 1. The summed E-state index contributed by atoms with van der Waals surface area (Å²) >= 11 is 1.49. The molecule has 26 heavy (non-hydrogen) atoms. The SMILES string of the molecule is CC(=O)Nc1ccc(SC(C)C(=O)N2CCCC(CCC(=O)O)C2)cc1. The van der Waals surface area contributed by atoms with Crippen LogP contribution in [0.1, 0.15) is 39.5 Å². The van der Waals surface area contributed by atoms with Crippen LogP contribution in [0.25, 0.3) is 0 Å². The number of thioether (sulfide) groups is 1. The van der Waals surface area contributed by atoms with Crippen molar-refractivity contribution in [3.05, 3.63) is 24.3 Å². The number of nitrogens with zero attached hydrogens (tertiary/aromatic N) is 1. The molecule has 2 atom stereocenters. The number of aliphatic carboxylic acids is 1. The Labute approximate surface area is 158 Å². The predicted molar refractivity (Wildman–Crippen MR) is 102 cm³/mol. The van der Waals surface area contributed by atoms with Crippen molar-refractivity contribution in [2.45, 2.75) is 49.7 Å². The van der Waals surface area contributed by atoms with E-state index in [-0.39, 0.29) is 29.4 Å². The Kier molecular flexibility index (Phi) is 7.50. The standard InChI is InChI=1S/C19H26N2O4S/c1-13(26-17-8-6-16(7-9-17)20-14(2)22)19(25)21-11-3-4-15(12-21)5-10-18(23)24/h6-9,13,15H,3-5,10-12H2,1-2H3,(H,20,22)(H,23,24). The molecule has 1 aromatic carbocycles. The van der Waals surface area contributed by atoms with Gasteiger partial charge in [0.1, 0.15) is 0 Å². The molecule has 7 heteroatoms. The van der Waals surface area contributed by atoms with Gasteiger partial charge in [0, 0.05) is 37.0 Å². The van der Waals surface area contributed by atoms with Crippen LogP contribution in [0.5, 0.6) is 0 Å². The maximum Gasteiger partial charge on any atom is 0.303 e. The second kappa shape index (κ2) is 9.62. The fourth-order valence-corrected chi connectivity index (χ4v) is 4.11. The molecule has 2 unspecified atom stereocenters. The van der Waals surface area contributed by atoms with E-state index in [1.165, 1.54) is 18.7 Å². The third-order valence-electron chi connectivity index (χ3n) is 4.43. The van der Waals surface area contributed by atoms with Crippen molar-refractivity contribution < 1.29 is 19.5 Å². The predicted octanol–water partition coefficient (Wildman–Crippen LogP) is 3.23. The van der Waals surface area contributed by atoms with Crippen molar-refractivity contribution in [2.24, 2.45) is 5.92 Å². The van der Waals surface area contributed by atoms with E-state index >= 15 is 0 Å². The van der Waals surface area contributed by atoms with E-state index in [1.54, 1.807) is 0 Å². The summed E-state index contributed by atoms with van der Waals surface area (Å²) in [6.45, 7) is 4.76. The fourth-order valence-electron chi connectivity index (χ4n) is 3.16. The van der Waals surface area contributed by atoms with Crippen LogP contribution in [0.15, 0.2) is 29.2 Å². The van der Waals surface area contributed by atoms with Crippen molar-refractivity contribution >= 4 is 35.2 Å². The average molecular weight is 378 g/mol. The van der Waals surface area contributed by atoms with Crippen molar-refractivity contribution in [1.29, 1.82) is 0 Å². The number of likely N-dealkylation sites (tertiary alicyclic amines) is 1. The number of amides is 2. The van der Waals surface area contributed by atoms with E-state index in [9.17, 15) is 14.4 Å². The molecule has 2 N–H and O–H groups in total. The highest BCUT2D eigenvalue weighted by molar-refractivity contribution is 8.00. The van der Waals surface area contributed by atoms with Crippen LogP contribution in [0.2, 0.25) is 0 Å². The topological polar surface area (TPSA) is 86.7 Å². The first-order chi connectivity index (χ1) is 12.3. The summed E-state index contributed by atoms with van der Waals surface area (Å²) in [6, 6.07) is 7.44. The van der Waals surface area contributed by atoms with Crippen LogP contribution >= 0.6 is 11.8 Å². The molecule has 142 valence electrons. The van der Waals surface area contributed by atoms with E-state index in [4.69, 9.17) is 5.11 Å². The third kappa shape index (κ3) is 6.37. The van der Waals surface area contributed by atoms with Crippen LogP contribution in [0.3, 0.4) is 0 Å². The summed E-state index contributed by atoms with van der Waals surface area (Å²) in [5, 5.41) is 11.3. The second-order valence-electron chi connectivity index (χ2n) is 6.69. The molecule has 1 heterocycles. The van der Waals surface area contributed by atoms with Crippen LogP contribution in [0, 0.1) is 5.92 Å². The van der Waals surface area contributed by atoms with Gasteiger partial charge in [0.25, 0.3) is 0 Å². The molecule has 0 aliphatic carbocycles. The zero-order valence-corrected chi connectivity index (χ0v) is 16.1. The minimum Gasteiger partial charge on any atom is -0.481 e. The number of carbonyl (C=O) groups is 3. The molecule has 1 fully saturated rings. The summed E-state index contributed by atoms with van der Waals surface area (Å²) in [7, 11) is 0. The van der Waals surface area contributed by atoms with Crippen LogP contribution in [-0.2, 0) is 14.4 Å². The lowest BCUT2D eigenvalue weighted by atomic mass is 9.93. The van der Waals surface area contributed by atoms with E-state index in [2.05, 4.69) is 5.32 Å². The number of anilines is 1. The number of rotatable bonds is 7. The van der Waals surface area contributed by atoms with Crippen molar-refractivity contribution in [3.63, 3.8) is 0 Å². The van der Waals surface area contributed by atoms with Crippen molar-refractivity contribution in [2.75, 3.05) is 18.4 Å². The molecule has 1 saturated heterocycles. The van der Waals surface area contributed by atoms with Gasteiger partial charge < -0.3 is 15.3 Å². The largest absolute Gasteiger partial charge is 0.481 e. The highest BCUT2D eigenvalue weighted by atomic mass is 32.2. The second-order valence-corrected chi connectivity index (χ2v) is 8.10. The Hall–Kier alpha value is -2.02. The summed E-state index contributed by atoms with van der Waals surface area (Å²) in [6.07, 6.45) is 2.71. The van der Waals surface area contributed by atoms with Gasteiger partial charge in [-0.3, -0.25) is 14.4 Å². The Bertz CT molecular complexity index is 647. The smallest absolute Gasteiger partial charge is 0.303 e. The van der Waals surface area contributed by atoms with E-state index in [1.807, 2.05) is 36.1 Å². The number of hydrogen-bond donors (Lipinski definition) is 2. The van der Waals surface area contributed by atoms with Crippen LogP contribution in [-0.4, -0.2) is 46.1 Å². The highest BCUT2D eigenvalue weighted by Gasteiger charge is 2.27. The zero-order chi connectivity index (χ0) is 19.1. The lowest BCUT2D eigenvalue weighted by Gasteiger charge is -2.34. The fraction of sp³-hybridized carbons (Fsp3) is 0.526. The first kappa shape index (κ1) is 20.3. The molecule has 6 nitrogen and oxygen atoms in total. The molecule has 0 spiro atoms. The minimum absolute atomic E-state index is 0.0981. The number of hydrogen-bond acceptors (Lipinski definition) is 4. The number of piperidine rings is 1. The van der Waals surface area contributed by atoms with Crippen LogP contribution in [0.4, 0.5) is 5.69 Å². The van der Waals surface area contributed by atoms with Gasteiger partial charge in [-0.25, -0.2) is 0 Å². The molecule has 2 amide bonds. The first-order valence-electron chi connectivity index (χ1n) is 8.90. The molecular weight excluding hydrogens is 352 g/mol. The van der Waals surface area contributed by atoms with Gasteiger partial charge in [-0.05, 0) is 56.4 Å². The van der Waals surface area contributed by atoms with Gasteiger partial charge in [-0.15, -0.1) is 11.8 Å². The Morgan fingerprint density at radius 2 is 2.00 bits per heavy atom. The van der Waals surface area contributed by atoms with Gasteiger partial charge in [-0.1, -0.05) is 0 Å². The molecule has 0 aromatic heterocycles. The van der Waals surface area contributed by atoms with Gasteiger partial charge in [0.2, 0.25) is 11.8 Å². The Morgan fingerprint density at radius 3 is 2.62 bits per heavy atom. The van der Waals surface area contributed by atoms with Gasteiger partial charge in [0.15, 0.2) is 0 Å². The molecule has 0 radical (unpaired) electrons. The molecule has 1 aromatic rings. The minimum atomic E-state index is -0.778. The van der Waals surface area contributed by atoms with E-state index < -0.39 is 5.97 Å². The number of benzene rings is 1. The molecular formula is C19H26N2O4S. The number of carbonyl (C=O) groups excluding carboxylic acids is 2. The average Bonchev–Trinajstić information content (AvgIpc) is 2.60. The van der Waals surface area contributed by atoms with Gasteiger partial charge >= 0.3 is 5.97 Å². The Morgan fingerprint density at radius 1 is 1.31 bits per heavy atom. The lowest BCUT2D eigenvalue weighted by molar-refractivity contribution is -0.137. The number of nitrogens with one attached hydrogen (secondary N) is 1. The lowest BCUT2D eigenvalue weighted by Crippen LogP contribution is -2.43. The quantitative estimate of drug-likeness (QED) is 0.712. The molecule has 1 aliphatic rings. The van der Waals surface area contributed by atoms with Crippen molar-refractivity contribution in [1.82, 2.24) is 4.90 Å². The highest BCUT2D eigenvalue weighted by Crippen LogP contribution is 2.28. The monoisotopic (exact) mass is 378 g/mol. The summed E-state index contributed by atoms with van der Waals surface area (Å²) in [4.78, 5) is 37.4. The normalized spacial score (nSPS) is 18.2. The zero-order valence-electron chi connectivity index (χ0n) is 15.2. The Balaban J connectivity index is 1.87. The first-order valence-corrected chi connectivity index (χ1v) is 9.78. The van der Waals surface area contributed by atoms with E-state index in [0.29, 0.717) is 13.0 Å². The van der Waals surface area contributed by atoms with Crippen LogP contribution < -0.4 is 5.32 Å². The summed E-state index contributed by atoms with van der Waals surface area (Å²) in [5.41, 5.74) is 0.734. The molecule has 1 aliphatic heterocycles. The number of carboxylic acids is 1.